The van der Waals surface area contributed by atoms with Crippen molar-refractivity contribution in [1.29, 1.82) is 0 Å². The average molecular weight is 169 g/mol. The molecule has 1 N–H and O–H groups in total. The first kappa shape index (κ1) is 11.7. The molecule has 0 aromatic rings. The van der Waals surface area contributed by atoms with Crippen molar-refractivity contribution in [2.75, 3.05) is 7.05 Å². The summed E-state index contributed by atoms with van der Waals surface area (Å²) < 4.78 is 0. The molecule has 0 saturated carbocycles. The Morgan fingerprint density at radius 3 is 2.33 bits per heavy atom. The Labute approximate surface area is 77.2 Å². The lowest BCUT2D eigenvalue weighted by molar-refractivity contribution is 0.393. The lowest BCUT2D eigenvalue weighted by atomic mass is 9.97. The van der Waals surface area contributed by atoms with E-state index in [0.717, 1.165) is 5.92 Å². The number of allylic oxidation sites excluding steroid dienone is 1. The van der Waals surface area contributed by atoms with E-state index in [1.807, 2.05) is 7.05 Å². The lowest BCUT2D eigenvalue weighted by Gasteiger charge is -2.19. The molecule has 0 spiro atoms. The van der Waals surface area contributed by atoms with Crippen molar-refractivity contribution in [2.24, 2.45) is 5.92 Å². The van der Waals surface area contributed by atoms with E-state index in [2.05, 4.69) is 32.7 Å². The molecule has 72 valence electrons. The van der Waals surface area contributed by atoms with Gasteiger partial charge in [-0.2, -0.15) is 0 Å². The van der Waals surface area contributed by atoms with Gasteiger partial charge < -0.3 is 5.32 Å². The SMILES string of the molecule is C=C(C)CCCC(NC)C(C)C. The minimum atomic E-state index is 0.671. The van der Waals surface area contributed by atoms with Crippen LogP contribution in [0.15, 0.2) is 12.2 Å². The second kappa shape index (κ2) is 6.24. The summed E-state index contributed by atoms with van der Waals surface area (Å²) in [7, 11) is 2.05. The standard InChI is InChI=1S/C11H23N/c1-9(2)7-6-8-11(12-5)10(3)4/h10-12H,1,6-8H2,2-5H3. The van der Waals surface area contributed by atoms with Gasteiger partial charge in [0.1, 0.15) is 0 Å². The summed E-state index contributed by atoms with van der Waals surface area (Å²) in [6, 6.07) is 0.671. The first-order valence-corrected chi connectivity index (χ1v) is 4.89. The van der Waals surface area contributed by atoms with Gasteiger partial charge in [0.15, 0.2) is 0 Å². The number of hydrogen-bond donors (Lipinski definition) is 1. The van der Waals surface area contributed by atoms with Gasteiger partial charge in [-0.3, -0.25) is 0 Å². The van der Waals surface area contributed by atoms with E-state index < -0.39 is 0 Å². The highest BCUT2D eigenvalue weighted by atomic mass is 14.9. The predicted molar refractivity (Wildman–Crippen MR) is 56.4 cm³/mol. The Morgan fingerprint density at radius 1 is 1.42 bits per heavy atom. The molecule has 1 heteroatoms. The fraction of sp³-hybridized carbons (Fsp3) is 0.818. The van der Waals surface area contributed by atoms with Crippen LogP contribution in [0.4, 0.5) is 0 Å². The van der Waals surface area contributed by atoms with Gasteiger partial charge in [-0.25, -0.2) is 0 Å². The van der Waals surface area contributed by atoms with Crippen LogP contribution in [0.1, 0.15) is 40.0 Å². The zero-order chi connectivity index (χ0) is 9.56. The molecular formula is C11H23N. The van der Waals surface area contributed by atoms with Crippen LogP contribution in [0.5, 0.6) is 0 Å². The quantitative estimate of drug-likeness (QED) is 0.603. The average Bonchev–Trinajstić information content (AvgIpc) is 1.96. The Balaban J connectivity index is 3.51. The summed E-state index contributed by atoms with van der Waals surface area (Å²) in [5.41, 5.74) is 1.30. The molecule has 0 aliphatic rings. The van der Waals surface area contributed by atoms with Crippen LogP contribution in [-0.4, -0.2) is 13.1 Å². The van der Waals surface area contributed by atoms with Crippen molar-refractivity contribution in [3.63, 3.8) is 0 Å². The van der Waals surface area contributed by atoms with Gasteiger partial charge >= 0.3 is 0 Å². The van der Waals surface area contributed by atoms with Crippen molar-refractivity contribution in [1.82, 2.24) is 5.32 Å². The third-order valence-corrected chi connectivity index (χ3v) is 2.29. The normalized spacial score (nSPS) is 13.4. The molecule has 0 saturated heterocycles. The van der Waals surface area contributed by atoms with E-state index in [0.29, 0.717) is 6.04 Å². The highest BCUT2D eigenvalue weighted by Crippen LogP contribution is 2.11. The van der Waals surface area contributed by atoms with Crippen LogP contribution in [0.25, 0.3) is 0 Å². The maximum atomic E-state index is 3.90. The van der Waals surface area contributed by atoms with Crippen molar-refractivity contribution >= 4 is 0 Å². The van der Waals surface area contributed by atoms with Crippen molar-refractivity contribution < 1.29 is 0 Å². The summed E-state index contributed by atoms with van der Waals surface area (Å²) in [5.74, 6) is 0.736. The molecule has 0 aliphatic carbocycles. The Hall–Kier alpha value is -0.300. The molecule has 0 aliphatic heterocycles. The zero-order valence-corrected chi connectivity index (χ0v) is 8.98. The van der Waals surface area contributed by atoms with Crippen LogP contribution in [0, 0.1) is 5.92 Å². The van der Waals surface area contributed by atoms with Gasteiger partial charge in [0.05, 0.1) is 0 Å². The second-order valence-corrected chi connectivity index (χ2v) is 3.99. The van der Waals surface area contributed by atoms with Gasteiger partial charge in [0.2, 0.25) is 0 Å². The molecule has 0 bridgehead atoms. The van der Waals surface area contributed by atoms with E-state index >= 15 is 0 Å². The monoisotopic (exact) mass is 169 g/mol. The Morgan fingerprint density at radius 2 is 2.00 bits per heavy atom. The summed E-state index contributed by atoms with van der Waals surface area (Å²) in [5, 5.41) is 3.35. The summed E-state index contributed by atoms with van der Waals surface area (Å²) in [4.78, 5) is 0. The van der Waals surface area contributed by atoms with Gasteiger partial charge in [-0.05, 0) is 39.2 Å². The molecule has 0 radical (unpaired) electrons. The van der Waals surface area contributed by atoms with E-state index in [-0.39, 0.29) is 0 Å². The van der Waals surface area contributed by atoms with Crippen molar-refractivity contribution in [3.05, 3.63) is 12.2 Å². The molecule has 1 atom stereocenters. The number of hydrogen-bond acceptors (Lipinski definition) is 1. The maximum absolute atomic E-state index is 3.90. The number of rotatable bonds is 6. The molecule has 0 fully saturated rings. The summed E-state index contributed by atoms with van der Waals surface area (Å²) in [6.45, 7) is 10.5. The lowest BCUT2D eigenvalue weighted by Crippen LogP contribution is -2.30. The fourth-order valence-electron chi connectivity index (χ4n) is 1.43. The Bertz CT molecular complexity index is 127. The van der Waals surface area contributed by atoms with Gasteiger partial charge in [0.25, 0.3) is 0 Å². The van der Waals surface area contributed by atoms with E-state index in [1.165, 1.54) is 24.8 Å². The van der Waals surface area contributed by atoms with Gasteiger partial charge in [-0.15, -0.1) is 6.58 Å². The Kier molecular flexibility index (Phi) is 6.09. The molecule has 0 amide bonds. The van der Waals surface area contributed by atoms with Gasteiger partial charge in [0, 0.05) is 6.04 Å². The van der Waals surface area contributed by atoms with E-state index in [1.54, 1.807) is 0 Å². The van der Waals surface area contributed by atoms with Crippen LogP contribution in [-0.2, 0) is 0 Å². The van der Waals surface area contributed by atoms with Crippen molar-refractivity contribution in [3.8, 4) is 0 Å². The minimum absolute atomic E-state index is 0.671. The van der Waals surface area contributed by atoms with E-state index in [4.69, 9.17) is 0 Å². The highest BCUT2D eigenvalue weighted by Gasteiger charge is 2.09. The van der Waals surface area contributed by atoms with E-state index in [9.17, 15) is 0 Å². The smallest absolute Gasteiger partial charge is 0.00871 e. The molecule has 0 aromatic carbocycles. The highest BCUT2D eigenvalue weighted by molar-refractivity contribution is 4.87. The van der Waals surface area contributed by atoms with Crippen LogP contribution in [0.3, 0.4) is 0 Å². The number of nitrogens with one attached hydrogen (secondary N) is 1. The third-order valence-electron chi connectivity index (χ3n) is 2.29. The molecule has 0 heterocycles. The first-order chi connectivity index (χ1) is 5.57. The van der Waals surface area contributed by atoms with Crippen molar-refractivity contribution in [2.45, 2.75) is 46.1 Å². The second-order valence-electron chi connectivity index (χ2n) is 3.99. The van der Waals surface area contributed by atoms with Gasteiger partial charge in [-0.1, -0.05) is 19.4 Å². The zero-order valence-electron chi connectivity index (χ0n) is 8.98. The molecule has 0 aromatic heterocycles. The predicted octanol–water partition coefficient (Wildman–Crippen LogP) is 2.98. The molecular weight excluding hydrogens is 146 g/mol. The molecule has 12 heavy (non-hydrogen) atoms. The molecule has 0 rings (SSSR count). The minimum Gasteiger partial charge on any atom is -0.317 e. The largest absolute Gasteiger partial charge is 0.317 e. The summed E-state index contributed by atoms with van der Waals surface area (Å²) in [6.07, 6.45) is 3.70. The molecule has 1 nitrogen and oxygen atoms in total. The topological polar surface area (TPSA) is 12.0 Å². The van der Waals surface area contributed by atoms with Crippen LogP contribution in [0.2, 0.25) is 0 Å². The third kappa shape index (κ3) is 5.36. The first-order valence-electron chi connectivity index (χ1n) is 4.89. The van der Waals surface area contributed by atoms with Crippen LogP contribution >= 0.6 is 0 Å². The summed E-state index contributed by atoms with van der Waals surface area (Å²) >= 11 is 0. The molecule has 1 unspecified atom stereocenters. The fourth-order valence-corrected chi connectivity index (χ4v) is 1.43. The van der Waals surface area contributed by atoms with Crippen LogP contribution < -0.4 is 5.32 Å². The maximum Gasteiger partial charge on any atom is 0.00871 e.